The second kappa shape index (κ2) is 7.72. The highest BCUT2D eigenvalue weighted by molar-refractivity contribution is 5.85. The molecule has 0 saturated carbocycles. The van der Waals surface area contributed by atoms with Crippen LogP contribution in [-0.4, -0.2) is 81.0 Å². The van der Waals surface area contributed by atoms with E-state index in [1.165, 1.54) is 10.8 Å². The van der Waals surface area contributed by atoms with Gasteiger partial charge in [0.1, 0.15) is 23.9 Å². The summed E-state index contributed by atoms with van der Waals surface area (Å²) >= 11 is 0. The van der Waals surface area contributed by atoms with Gasteiger partial charge in [-0.05, 0) is 6.42 Å². The molecule has 0 radical (unpaired) electrons. The van der Waals surface area contributed by atoms with Crippen molar-refractivity contribution >= 4 is 17.3 Å². The molecular weight excluding hydrogens is 405 g/mol. The molecule has 10 nitrogen and oxygen atoms in total. The lowest BCUT2D eigenvalue weighted by Crippen LogP contribution is -2.53. The van der Waals surface area contributed by atoms with Crippen LogP contribution in [0.1, 0.15) is 6.42 Å². The van der Waals surface area contributed by atoms with Crippen molar-refractivity contribution in [1.29, 1.82) is 0 Å². The van der Waals surface area contributed by atoms with Crippen molar-refractivity contribution in [2.45, 2.75) is 31.3 Å². The van der Waals surface area contributed by atoms with Crippen LogP contribution in [0.5, 0.6) is 0 Å². The Bertz CT molecular complexity index is 1010. The lowest BCUT2D eigenvalue weighted by Gasteiger charge is -2.40. The Kier molecular flexibility index (Phi) is 4.90. The first-order valence-corrected chi connectivity index (χ1v) is 9.50. The van der Waals surface area contributed by atoms with Gasteiger partial charge in [0.25, 0.3) is 0 Å². The molecule has 2 aliphatic heterocycles. The van der Waals surface area contributed by atoms with Gasteiger partial charge in [-0.1, -0.05) is 0 Å². The molecule has 160 valence electrons. The topological polar surface area (TPSA) is 105 Å². The number of nitrogens with one attached hydrogen (secondary N) is 2. The van der Waals surface area contributed by atoms with E-state index >= 15 is 0 Å². The van der Waals surface area contributed by atoms with E-state index in [0.717, 1.165) is 5.56 Å². The van der Waals surface area contributed by atoms with Crippen LogP contribution in [0.4, 0.5) is 24.8 Å². The average Bonchev–Trinajstić information content (AvgIpc) is 3.35. The largest absolute Gasteiger partial charge is 0.378 e. The average molecular weight is 424 g/mol. The van der Waals surface area contributed by atoms with E-state index in [4.69, 9.17) is 4.74 Å². The predicted octanol–water partition coefficient (Wildman–Crippen LogP) is 1.48. The molecule has 0 bridgehead atoms. The Morgan fingerprint density at radius 3 is 2.93 bits per heavy atom. The number of hydrogen-bond acceptors (Lipinski definition) is 8. The number of H-pyrrole nitrogens is 1. The number of fused-ring (bicyclic) bond motifs is 1. The van der Waals surface area contributed by atoms with Gasteiger partial charge in [0.05, 0.1) is 24.9 Å². The summed E-state index contributed by atoms with van der Waals surface area (Å²) in [5.41, 5.74) is 2.40. The van der Waals surface area contributed by atoms with Gasteiger partial charge in [0.2, 0.25) is 5.95 Å². The van der Waals surface area contributed by atoms with Crippen molar-refractivity contribution in [3.63, 3.8) is 0 Å². The molecule has 0 spiro atoms. The van der Waals surface area contributed by atoms with E-state index in [2.05, 4.69) is 35.3 Å². The highest BCUT2D eigenvalue weighted by Crippen LogP contribution is 2.35. The summed E-state index contributed by atoms with van der Waals surface area (Å²) in [4.78, 5) is 10.8. The van der Waals surface area contributed by atoms with Gasteiger partial charge < -0.3 is 19.7 Å². The Morgan fingerprint density at radius 1 is 1.33 bits per heavy atom. The third-order valence-corrected chi connectivity index (χ3v) is 5.20. The maximum Gasteiger partial charge on any atom is 0.345 e. The summed E-state index contributed by atoms with van der Waals surface area (Å²) in [6, 6.07) is -0.450. The van der Waals surface area contributed by atoms with E-state index in [1.54, 1.807) is 12.4 Å². The molecule has 2 N–H and O–H groups in total. The minimum absolute atomic E-state index is 0.0295. The molecule has 2 saturated heterocycles. The predicted molar refractivity (Wildman–Crippen MR) is 99.2 cm³/mol. The van der Waals surface area contributed by atoms with Crippen molar-refractivity contribution in [3.8, 4) is 11.3 Å². The molecule has 13 heteroatoms. The Morgan fingerprint density at radius 2 is 2.20 bits per heavy atom. The standard InChI is InChI=1S/C17H19F3N8O2/c18-11-7-29-2-1-12(11)24-17-25-15-14(27-5-10(6-27)30-16(19)20)13(9-3-22-23-4-9)21-8-28(15)26-17/h3-4,8,10-12,16H,1-2,5-7H2,(H,22,23)(H,24,26)/t11-,12+/m1/s1. The molecule has 2 fully saturated rings. The Labute approximate surface area is 168 Å². The van der Waals surface area contributed by atoms with Crippen molar-refractivity contribution in [1.82, 2.24) is 29.8 Å². The van der Waals surface area contributed by atoms with E-state index in [9.17, 15) is 13.2 Å². The van der Waals surface area contributed by atoms with E-state index in [-0.39, 0.29) is 25.6 Å². The number of halogens is 3. The number of ether oxygens (including phenoxy) is 2. The Hall–Kier alpha value is -2.93. The van der Waals surface area contributed by atoms with Crippen LogP contribution >= 0.6 is 0 Å². The second-order valence-corrected chi connectivity index (χ2v) is 7.19. The molecule has 0 unspecified atom stereocenters. The van der Waals surface area contributed by atoms with Crippen LogP contribution in [-0.2, 0) is 9.47 Å². The van der Waals surface area contributed by atoms with Gasteiger partial charge in [-0.15, -0.1) is 5.10 Å². The normalized spacial score (nSPS) is 22.6. The van der Waals surface area contributed by atoms with Crippen LogP contribution in [0.3, 0.4) is 0 Å². The minimum Gasteiger partial charge on any atom is -0.378 e. The third kappa shape index (κ3) is 3.54. The maximum absolute atomic E-state index is 14.1. The summed E-state index contributed by atoms with van der Waals surface area (Å²) < 4.78 is 50.3. The molecule has 5 rings (SSSR count). The Balaban J connectivity index is 1.48. The number of hydrogen-bond donors (Lipinski definition) is 2. The SMILES string of the molecule is FC(F)OC1CN(c2c(-c3cn[nH]c3)ncn3nc(N[C@H]4CCOC[C@H]4F)nc23)C1. The van der Waals surface area contributed by atoms with Gasteiger partial charge in [-0.3, -0.25) is 5.10 Å². The fourth-order valence-electron chi connectivity index (χ4n) is 3.67. The monoisotopic (exact) mass is 424 g/mol. The van der Waals surface area contributed by atoms with Crippen LogP contribution in [0.15, 0.2) is 18.7 Å². The first kappa shape index (κ1) is 19.1. The highest BCUT2D eigenvalue weighted by Gasteiger charge is 2.34. The van der Waals surface area contributed by atoms with Crippen molar-refractivity contribution < 1.29 is 22.6 Å². The summed E-state index contributed by atoms with van der Waals surface area (Å²) in [6.07, 6.45) is 3.55. The zero-order chi connectivity index (χ0) is 20.7. The smallest absolute Gasteiger partial charge is 0.345 e. The van der Waals surface area contributed by atoms with Gasteiger partial charge in [0.15, 0.2) is 5.65 Å². The number of aromatic amines is 1. The van der Waals surface area contributed by atoms with Crippen molar-refractivity contribution in [3.05, 3.63) is 18.7 Å². The second-order valence-electron chi connectivity index (χ2n) is 7.19. The number of alkyl halides is 3. The zero-order valence-electron chi connectivity index (χ0n) is 15.7. The molecule has 0 aromatic carbocycles. The molecule has 3 aromatic rings. The van der Waals surface area contributed by atoms with Crippen LogP contribution in [0.2, 0.25) is 0 Å². The van der Waals surface area contributed by atoms with Gasteiger partial charge in [-0.25, -0.2) is 9.37 Å². The summed E-state index contributed by atoms with van der Waals surface area (Å²) in [6.45, 7) is -1.81. The summed E-state index contributed by atoms with van der Waals surface area (Å²) in [7, 11) is 0. The summed E-state index contributed by atoms with van der Waals surface area (Å²) in [5, 5.41) is 14.1. The molecule has 0 amide bonds. The first-order chi connectivity index (χ1) is 14.6. The fourth-order valence-corrected chi connectivity index (χ4v) is 3.67. The molecular formula is C17H19F3N8O2. The lowest BCUT2D eigenvalue weighted by atomic mass is 10.1. The molecule has 2 atom stereocenters. The minimum atomic E-state index is -2.82. The number of aromatic nitrogens is 6. The maximum atomic E-state index is 14.1. The van der Waals surface area contributed by atoms with Crippen LogP contribution < -0.4 is 10.2 Å². The van der Waals surface area contributed by atoms with Gasteiger partial charge in [-0.2, -0.15) is 23.4 Å². The summed E-state index contributed by atoms with van der Waals surface area (Å²) in [5.74, 6) is 0.262. The molecule has 3 aromatic heterocycles. The molecule has 30 heavy (non-hydrogen) atoms. The van der Waals surface area contributed by atoms with Crippen LogP contribution in [0, 0.1) is 0 Å². The molecule has 0 aliphatic carbocycles. The quantitative estimate of drug-likeness (QED) is 0.613. The van der Waals surface area contributed by atoms with E-state index in [0.29, 0.717) is 30.1 Å². The first-order valence-electron chi connectivity index (χ1n) is 9.50. The van der Waals surface area contributed by atoms with E-state index < -0.39 is 24.9 Å². The van der Waals surface area contributed by atoms with Crippen molar-refractivity contribution in [2.75, 3.05) is 36.5 Å². The molecule has 5 heterocycles. The van der Waals surface area contributed by atoms with Crippen LogP contribution in [0.25, 0.3) is 16.9 Å². The van der Waals surface area contributed by atoms with Crippen molar-refractivity contribution in [2.24, 2.45) is 0 Å². The molecule has 2 aliphatic rings. The number of nitrogens with zero attached hydrogens (tertiary/aromatic N) is 6. The zero-order valence-corrected chi connectivity index (χ0v) is 15.7. The number of anilines is 2. The van der Waals surface area contributed by atoms with Gasteiger partial charge in [0, 0.05) is 31.5 Å². The third-order valence-electron chi connectivity index (χ3n) is 5.20. The van der Waals surface area contributed by atoms with Gasteiger partial charge >= 0.3 is 6.61 Å². The fraction of sp³-hybridized carbons (Fsp3) is 0.529. The van der Waals surface area contributed by atoms with E-state index in [1.807, 2.05) is 4.90 Å². The highest BCUT2D eigenvalue weighted by atomic mass is 19.3. The lowest BCUT2D eigenvalue weighted by molar-refractivity contribution is -0.167. The number of rotatable bonds is 6.